The van der Waals surface area contributed by atoms with Gasteiger partial charge in [0.15, 0.2) is 9.84 Å². The van der Waals surface area contributed by atoms with Crippen LogP contribution in [0.3, 0.4) is 0 Å². The molecule has 1 heterocycles. The summed E-state index contributed by atoms with van der Waals surface area (Å²) in [6, 6.07) is 13.8. The predicted octanol–water partition coefficient (Wildman–Crippen LogP) is 5.19. The molecule has 1 aliphatic heterocycles. The fourth-order valence-corrected chi connectivity index (χ4v) is 7.19. The second-order valence-electron chi connectivity index (χ2n) is 10.1. The number of sulfone groups is 1. The second-order valence-corrected chi connectivity index (χ2v) is 12.3. The highest BCUT2D eigenvalue weighted by molar-refractivity contribution is 7.91. The molecule has 0 spiro atoms. The van der Waals surface area contributed by atoms with Gasteiger partial charge in [-0.25, -0.2) is 12.8 Å². The molecule has 3 aliphatic rings. The third-order valence-electron chi connectivity index (χ3n) is 7.45. The number of likely N-dealkylation sites (tertiary alicyclic amines) is 1. The van der Waals surface area contributed by atoms with Crippen LogP contribution in [-0.2, 0) is 22.7 Å². The van der Waals surface area contributed by atoms with Crippen LogP contribution in [-0.4, -0.2) is 50.6 Å². The monoisotopic (exact) mass is 507 g/mol. The highest BCUT2D eigenvalue weighted by atomic mass is 35.5. The van der Waals surface area contributed by atoms with Gasteiger partial charge in [0.2, 0.25) is 0 Å². The van der Waals surface area contributed by atoms with Crippen molar-refractivity contribution in [3.63, 3.8) is 0 Å². The highest BCUT2D eigenvalue weighted by Gasteiger charge is 2.36. The maximum absolute atomic E-state index is 13.9. The summed E-state index contributed by atoms with van der Waals surface area (Å²) in [5, 5.41) is 0. The van der Waals surface area contributed by atoms with Crippen LogP contribution >= 0.6 is 12.4 Å². The Balaban J connectivity index is 0.00000274. The smallest absolute Gasteiger partial charge is 0.150 e. The fraction of sp³-hybridized carbons (Fsp3) is 0.556. The minimum absolute atomic E-state index is 0. The Kier molecular flexibility index (Phi) is 8.21. The molecule has 2 unspecified atom stereocenters. The minimum atomic E-state index is -2.96. The molecule has 2 aromatic rings. The van der Waals surface area contributed by atoms with Crippen molar-refractivity contribution in [2.24, 2.45) is 5.92 Å². The van der Waals surface area contributed by atoms with Gasteiger partial charge in [-0.3, -0.25) is 4.90 Å². The maximum Gasteiger partial charge on any atom is 0.150 e. The van der Waals surface area contributed by atoms with Gasteiger partial charge < -0.3 is 4.74 Å². The summed E-state index contributed by atoms with van der Waals surface area (Å²) in [4.78, 5) is 2.57. The second kappa shape index (κ2) is 11.0. The molecule has 0 radical (unpaired) electrons. The molecule has 2 aromatic carbocycles. The van der Waals surface area contributed by atoms with E-state index in [2.05, 4.69) is 17.0 Å². The van der Waals surface area contributed by atoms with Gasteiger partial charge >= 0.3 is 0 Å². The molecule has 2 aliphatic carbocycles. The molecule has 1 saturated heterocycles. The number of halogens is 2. The number of ether oxygens (including phenoxy) is 1. The molecule has 5 rings (SSSR count). The van der Waals surface area contributed by atoms with E-state index in [0.717, 1.165) is 56.5 Å². The summed E-state index contributed by atoms with van der Waals surface area (Å²) < 4.78 is 44.2. The van der Waals surface area contributed by atoms with Gasteiger partial charge in [0.05, 0.1) is 18.1 Å². The van der Waals surface area contributed by atoms with Crippen molar-refractivity contribution in [2.75, 3.05) is 31.2 Å². The molecule has 1 saturated carbocycles. The van der Waals surface area contributed by atoms with Gasteiger partial charge in [0, 0.05) is 12.0 Å². The predicted molar refractivity (Wildman–Crippen MR) is 136 cm³/mol. The summed E-state index contributed by atoms with van der Waals surface area (Å²) in [5.41, 5.74) is 3.69. The van der Waals surface area contributed by atoms with Crippen LogP contribution in [0.25, 0.3) is 0 Å². The van der Waals surface area contributed by atoms with Gasteiger partial charge in [-0.15, -0.1) is 12.4 Å². The first kappa shape index (κ1) is 25.5. The van der Waals surface area contributed by atoms with Crippen molar-refractivity contribution >= 4 is 22.2 Å². The Morgan fingerprint density at radius 2 is 1.88 bits per heavy atom. The summed E-state index contributed by atoms with van der Waals surface area (Å²) >= 11 is 0. The highest BCUT2D eigenvalue weighted by Crippen LogP contribution is 2.40. The van der Waals surface area contributed by atoms with Crippen molar-refractivity contribution in [3.05, 3.63) is 65.0 Å². The molecule has 0 N–H and O–H groups in total. The summed E-state index contributed by atoms with van der Waals surface area (Å²) in [6.07, 6.45) is 6.88. The molecule has 0 aromatic heterocycles. The first-order valence-corrected chi connectivity index (χ1v) is 14.2. The Morgan fingerprint density at radius 3 is 2.59 bits per heavy atom. The first-order valence-electron chi connectivity index (χ1n) is 12.4. The normalized spacial score (nSPS) is 22.4. The van der Waals surface area contributed by atoms with E-state index in [0.29, 0.717) is 36.7 Å². The Morgan fingerprint density at radius 1 is 1.06 bits per heavy atom. The van der Waals surface area contributed by atoms with Crippen molar-refractivity contribution in [2.45, 2.75) is 56.9 Å². The molecular formula is C27H35ClFNO3S. The van der Waals surface area contributed by atoms with E-state index >= 15 is 0 Å². The average molecular weight is 508 g/mol. The fourth-order valence-electron chi connectivity index (χ4n) is 5.42. The number of fused-ring (bicyclic) bond motifs is 1. The number of nitrogens with zero attached hydrogens (tertiary/aromatic N) is 1. The number of rotatable bonds is 10. The SMILES string of the molecule is Cl.O=S(=O)(CCCOc1ccc2c(c1)C(Cc1cccc(F)c1)C(N1CCC1)CC2)CC1CC1. The molecule has 34 heavy (non-hydrogen) atoms. The summed E-state index contributed by atoms with van der Waals surface area (Å²) in [5.74, 6) is 1.86. The van der Waals surface area contributed by atoms with E-state index in [4.69, 9.17) is 4.74 Å². The van der Waals surface area contributed by atoms with Gasteiger partial charge in [-0.2, -0.15) is 0 Å². The zero-order valence-corrected chi connectivity index (χ0v) is 21.3. The van der Waals surface area contributed by atoms with Crippen LogP contribution in [0.1, 0.15) is 54.7 Å². The van der Waals surface area contributed by atoms with Crippen molar-refractivity contribution in [3.8, 4) is 5.75 Å². The van der Waals surface area contributed by atoms with E-state index in [1.54, 1.807) is 12.1 Å². The third kappa shape index (κ3) is 6.32. The molecule has 186 valence electrons. The molecule has 2 atom stereocenters. The molecule has 0 bridgehead atoms. The lowest BCUT2D eigenvalue weighted by Gasteiger charge is -2.45. The van der Waals surface area contributed by atoms with Gasteiger partial charge in [0.25, 0.3) is 0 Å². The number of hydrogen-bond acceptors (Lipinski definition) is 4. The van der Waals surface area contributed by atoms with Crippen LogP contribution in [0.4, 0.5) is 4.39 Å². The largest absolute Gasteiger partial charge is 0.494 e. The van der Waals surface area contributed by atoms with E-state index in [1.807, 2.05) is 12.1 Å². The number of hydrogen-bond donors (Lipinski definition) is 0. The Bertz CT molecular complexity index is 1090. The van der Waals surface area contributed by atoms with Gasteiger partial charge in [-0.05, 0) is 105 Å². The summed E-state index contributed by atoms with van der Waals surface area (Å²) in [7, 11) is -2.96. The zero-order valence-electron chi connectivity index (χ0n) is 19.6. The van der Waals surface area contributed by atoms with E-state index in [9.17, 15) is 12.8 Å². The van der Waals surface area contributed by atoms with Crippen LogP contribution in [0.2, 0.25) is 0 Å². The molecule has 2 fully saturated rings. The molecule has 7 heteroatoms. The third-order valence-corrected chi connectivity index (χ3v) is 9.34. The van der Waals surface area contributed by atoms with Gasteiger partial charge in [0.1, 0.15) is 11.6 Å². The van der Waals surface area contributed by atoms with Crippen LogP contribution in [0.15, 0.2) is 42.5 Å². The first-order chi connectivity index (χ1) is 16.0. The van der Waals surface area contributed by atoms with E-state index in [-0.39, 0.29) is 24.0 Å². The standard InChI is InChI=1S/C27H34FNO3S.ClH/c28-23-5-1-4-21(16-23)17-26-25-18-24(32-14-3-15-33(30,31)19-20-6-7-20)10-8-22(25)9-11-27(26)29-12-2-13-29;/h1,4-5,8,10,16,18,20,26-27H,2-3,6-7,9,11-15,17,19H2;1H. The van der Waals surface area contributed by atoms with Crippen molar-refractivity contribution < 1.29 is 17.5 Å². The topological polar surface area (TPSA) is 46.6 Å². The lowest BCUT2D eigenvalue weighted by Crippen LogP contribution is -2.49. The Labute approximate surface area is 209 Å². The maximum atomic E-state index is 13.9. The van der Waals surface area contributed by atoms with Crippen molar-refractivity contribution in [1.82, 2.24) is 4.90 Å². The molecular weight excluding hydrogens is 473 g/mol. The van der Waals surface area contributed by atoms with Crippen LogP contribution in [0.5, 0.6) is 5.75 Å². The quantitative estimate of drug-likeness (QED) is 0.415. The lowest BCUT2D eigenvalue weighted by molar-refractivity contribution is 0.0876. The lowest BCUT2D eigenvalue weighted by atomic mass is 9.75. The Hall–Kier alpha value is -1.63. The molecule has 4 nitrogen and oxygen atoms in total. The van der Waals surface area contributed by atoms with Crippen LogP contribution in [0, 0.1) is 11.7 Å². The van der Waals surface area contributed by atoms with E-state index in [1.165, 1.54) is 23.6 Å². The average Bonchev–Trinajstić information content (AvgIpc) is 3.55. The zero-order chi connectivity index (χ0) is 22.8. The van der Waals surface area contributed by atoms with Crippen molar-refractivity contribution in [1.29, 1.82) is 0 Å². The number of aryl methyl sites for hydroxylation is 1. The van der Waals surface area contributed by atoms with Gasteiger partial charge in [-0.1, -0.05) is 18.2 Å². The number of benzene rings is 2. The van der Waals surface area contributed by atoms with E-state index < -0.39 is 9.84 Å². The van der Waals surface area contributed by atoms with Crippen LogP contribution < -0.4 is 4.74 Å². The molecule has 0 amide bonds. The summed E-state index contributed by atoms with van der Waals surface area (Å²) in [6.45, 7) is 2.70. The minimum Gasteiger partial charge on any atom is -0.494 e.